The van der Waals surface area contributed by atoms with Gasteiger partial charge in [-0.1, -0.05) is 83.8 Å². The first-order valence-corrected chi connectivity index (χ1v) is 12.9. The molecule has 0 bridgehead atoms. The van der Waals surface area contributed by atoms with Crippen LogP contribution in [0.3, 0.4) is 0 Å². The second-order valence-electron chi connectivity index (χ2n) is 9.12. The third-order valence-electron chi connectivity index (χ3n) is 5.60. The average Bonchev–Trinajstić information content (AvgIpc) is 2.76. The lowest BCUT2D eigenvalue weighted by Gasteiger charge is -2.06. The summed E-state index contributed by atoms with van der Waals surface area (Å²) in [6.07, 6.45) is 25.0. The van der Waals surface area contributed by atoms with E-state index in [0.717, 1.165) is 25.7 Å². The number of unbranched alkanes of at least 4 members (excludes halogenated alkanes) is 13. The molecule has 0 saturated carbocycles. The maximum Gasteiger partial charge on any atom is 0.305 e. The Balaban J connectivity index is 3.19. The Hall–Kier alpha value is -1.32. The van der Waals surface area contributed by atoms with Crippen molar-refractivity contribution in [2.24, 2.45) is 5.92 Å². The molecule has 0 aliphatic rings. The first-order chi connectivity index (χ1) is 15.1. The van der Waals surface area contributed by atoms with E-state index in [1.54, 1.807) is 0 Å². The summed E-state index contributed by atoms with van der Waals surface area (Å²) in [5.74, 6) is 0.446. The van der Waals surface area contributed by atoms with Gasteiger partial charge in [0.15, 0.2) is 0 Å². The number of methoxy groups -OCH3 is 1. The minimum atomic E-state index is -0.0859. The zero-order chi connectivity index (χ0) is 23.0. The summed E-state index contributed by atoms with van der Waals surface area (Å²) in [5.41, 5.74) is 0. The SMILES string of the molecule is COC(=O)CCCCCCCC/C=C/CCCCCCCCCOC(=O)CCC(C)C. The Morgan fingerprint density at radius 1 is 0.645 bits per heavy atom. The van der Waals surface area contributed by atoms with Crippen molar-refractivity contribution < 1.29 is 19.1 Å². The first-order valence-electron chi connectivity index (χ1n) is 12.9. The number of hydrogen-bond donors (Lipinski definition) is 0. The summed E-state index contributed by atoms with van der Waals surface area (Å²) in [5, 5.41) is 0. The molecule has 0 spiro atoms. The van der Waals surface area contributed by atoms with Gasteiger partial charge in [0.05, 0.1) is 13.7 Å². The highest BCUT2D eigenvalue weighted by atomic mass is 16.5. The van der Waals surface area contributed by atoms with E-state index in [4.69, 9.17) is 4.74 Å². The molecule has 0 fully saturated rings. The molecule has 0 atom stereocenters. The van der Waals surface area contributed by atoms with Gasteiger partial charge in [-0.05, 0) is 50.9 Å². The molecule has 0 heterocycles. The minimum Gasteiger partial charge on any atom is -0.469 e. The number of carbonyl (C=O) groups excluding carboxylic acids is 2. The fourth-order valence-electron chi connectivity index (χ4n) is 3.49. The van der Waals surface area contributed by atoms with Crippen molar-refractivity contribution in [3.05, 3.63) is 12.2 Å². The lowest BCUT2D eigenvalue weighted by Crippen LogP contribution is -2.06. The van der Waals surface area contributed by atoms with Gasteiger partial charge in [-0.15, -0.1) is 0 Å². The fourth-order valence-corrected chi connectivity index (χ4v) is 3.49. The molecule has 4 heteroatoms. The van der Waals surface area contributed by atoms with Crippen LogP contribution in [0.25, 0.3) is 0 Å². The van der Waals surface area contributed by atoms with E-state index in [2.05, 4.69) is 30.7 Å². The van der Waals surface area contributed by atoms with Gasteiger partial charge in [-0.25, -0.2) is 0 Å². The number of carbonyl (C=O) groups is 2. The highest BCUT2D eigenvalue weighted by Crippen LogP contribution is 2.11. The largest absolute Gasteiger partial charge is 0.469 e. The highest BCUT2D eigenvalue weighted by molar-refractivity contribution is 5.69. The normalized spacial score (nSPS) is 11.4. The average molecular weight is 439 g/mol. The molecule has 0 aromatic rings. The van der Waals surface area contributed by atoms with E-state index in [9.17, 15) is 9.59 Å². The van der Waals surface area contributed by atoms with Crippen LogP contribution in [0.2, 0.25) is 0 Å². The summed E-state index contributed by atoms with van der Waals surface area (Å²) < 4.78 is 9.92. The van der Waals surface area contributed by atoms with E-state index in [1.165, 1.54) is 84.2 Å². The van der Waals surface area contributed by atoms with Gasteiger partial charge in [-0.2, -0.15) is 0 Å². The smallest absolute Gasteiger partial charge is 0.305 e. The molecule has 0 aliphatic carbocycles. The Morgan fingerprint density at radius 2 is 1.13 bits per heavy atom. The fraction of sp³-hybridized carbons (Fsp3) is 0.852. The van der Waals surface area contributed by atoms with Gasteiger partial charge < -0.3 is 9.47 Å². The Morgan fingerprint density at radius 3 is 1.65 bits per heavy atom. The Kier molecular flexibility index (Phi) is 22.4. The molecule has 0 N–H and O–H groups in total. The molecule has 0 aliphatic heterocycles. The van der Waals surface area contributed by atoms with Gasteiger partial charge in [0, 0.05) is 12.8 Å². The van der Waals surface area contributed by atoms with Crippen molar-refractivity contribution in [2.45, 2.75) is 129 Å². The molecule has 0 amide bonds. The number of allylic oxidation sites excluding steroid dienone is 2. The Labute approximate surface area is 192 Å². The quantitative estimate of drug-likeness (QED) is 0.0978. The Bertz CT molecular complexity index is 443. The lowest BCUT2D eigenvalue weighted by atomic mass is 10.1. The van der Waals surface area contributed by atoms with E-state index < -0.39 is 0 Å². The van der Waals surface area contributed by atoms with Crippen molar-refractivity contribution in [3.8, 4) is 0 Å². The van der Waals surface area contributed by atoms with Crippen LogP contribution in [-0.2, 0) is 19.1 Å². The molecule has 0 aromatic heterocycles. The van der Waals surface area contributed by atoms with Gasteiger partial charge in [0.25, 0.3) is 0 Å². The summed E-state index contributed by atoms with van der Waals surface area (Å²) in [7, 11) is 1.45. The van der Waals surface area contributed by atoms with Crippen LogP contribution in [-0.4, -0.2) is 25.7 Å². The zero-order valence-corrected chi connectivity index (χ0v) is 20.8. The molecule has 4 nitrogen and oxygen atoms in total. The van der Waals surface area contributed by atoms with Gasteiger partial charge in [-0.3, -0.25) is 9.59 Å². The molecule has 0 radical (unpaired) electrons. The van der Waals surface area contributed by atoms with Crippen LogP contribution in [0.15, 0.2) is 12.2 Å². The summed E-state index contributed by atoms with van der Waals surface area (Å²) in [6, 6.07) is 0. The first kappa shape index (κ1) is 29.7. The predicted molar refractivity (Wildman–Crippen MR) is 130 cm³/mol. The van der Waals surface area contributed by atoms with Crippen molar-refractivity contribution >= 4 is 11.9 Å². The summed E-state index contributed by atoms with van der Waals surface area (Å²) in [4.78, 5) is 22.5. The molecule has 31 heavy (non-hydrogen) atoms. The second-order valence-corrected chi connectivity index (χ2v) is 9.12. The highest BCUT2D eigenvalue weighted by Gasteiger charge is 2.04. The van der Waals surface area contributed by atoms with Crippen molar-refractivity contribution in [2.75, 3.05) is 13.7 Å². The zero-order valence-electron chi connectivity index (χ0n) is 20.8. The number of esters is 2. The van der Waals surface area contributed by atoms with Gasteiger partial charge in [0.1, 0.15) is 0 Å². The van der Waals surface area contributed by atoms with Crippen LogP contribution in [0, 0.1) is 5.92 Å². The van der Waals surface area contributed by atoms with Crippen LogP contribution >= 0.6 is 0 Å². The van der Waals surface area contributed by atoms with E-state index >= 15 is 0 Å². The molecule has 0 saturated heterocycles. The number of rotatable bonds is 22. The van der Waals surface area contributed by atoms with Gasteiger partial charge in [0.2, 0.25) is 0 Å². The van der Waals surface area contributed by atoms with E-state index in [-0.39, 0.29) is 11.9 Å². The maximum absolute atomic E-state index is 11.5. The topological polar surface area (TPSA) is 52.6 Å². The minimum absolute atomic E-state index is 0.0331. The second kappa shape index (κ2) is 23.3. The molecule has 0 aromatic carbocycles. The lowest BCUT2D eigenvalue weighted by molar-refractivity contribution is -0.144. The van der Waals surface area contributed by atoms with Crippen molar-refractivity contribution in [1.82, 2.24) is 0 Å². The number of ether oxygens (including phenoxy) is 2. The van der Waals surface area contributed by atoms with Crippen molar-refractivity contribution in [1.29, 1.82) is 0 Å². The van der Waals surface area contributed by atoms with Crippen LogP contribution < -0.4 is 0 Å². The third-order valence-corrected chi connectivity index (χ3v) is 5.60. The van der Waals surface area contributed by atoms with Crippen molar-refractivity contribution in [3.63, 3.8) is 0 Å². The van der Waals surface area contributed by atoms with Gasteiger partial charge >= 0.3 is 11.9 Å². The summed E-state index contributed by atoms with van der Waals surface area (Å²) >= 11 is 0. The van der Waals surface area contributed by atoms with Crippen LogP contribution in [0.4, 0.5) is 0 Å². The third kappa shape index (κ3) is 24.8. The van der Waals surface area contributed by atoms with Crippen LogP contribution in [0.5, 0.6) is 0 Å². The molecule has 0 unspecified atom stereocenters. The molecular weight excluding hydrogens is 388 g/mol. The molecule has 182 valence electrons. The molecular formula is C27H50O4. The number of hydrogen-bond acceptors (Lipinski definition) is 4. The maximum atomic E-state index is 11.5. The van der Waals surface area contributed by atoms with E-state index in [1.807, 2.05) is 0 Å². The standard InChI is InChI=1S/C27H50O4/c1-25(2)22-23-27(29)31-24-20-18-16-14-12-10-8-6-4-5-7-9-11-13-15-17-19-21-26(28)30-3/h4-5,25H,6-24H2,1-3H3/b5-4+. The predicted octanol–water partition coefficient (Wildman–Crippen LogP) is 7.94. The van der Waals surface area contributed by atoms with E-state index in [0.29, 0.717) is 25.4 Å². The molecule has 0 rings (SSSR count). The van der Waals surface area contributed by atoms with Crippen LogP contribution in [0.1, 0.15) is 129 Å². The monoisotopic (exact) mass is 438 g/mol. The summed E-state index contributed by atoms with van der Waals surface area (Å²) in [6.45, 7) is 4.86.